The third-order valence-corrected chi connectivity index (χ3v) is 2.32. The Morgan fingerprint density at radius 1 is 1.40 bits per heavy atom. The van der Waals surface area contributed by atoms with Gasteiger partial charge in [0.15, 0.2) is 5.11 Å². The number of thiocarbonyl (C=S) groups is 1. The minimum atomic E-state index is 0.460. The lowest BCUT2D eigenvalue weighted by molar-refractivity contribution is 0.145. The summed E-state index contributed by atoms with van der Waals surface area (Å²) in [6, 6.07) is 0.460. The number of rotatable bonds is 8. The molecule has 0 spiro atoms. The highest BCUT2D eigenvalue weighted by atomic mass is 32.1. The van der Waals surface area contributed by atoms with E-state index in [4.69, 9.17) is 17.0 Å². The molecule has 0 aromatic heterocycles. The van der Waals surface area contributed by atoms with Crippen LogP contribution in [-0.2, 0) is 4.74 Å². The molecule has 0 fully saturated rings. The van der Waals surface area contributed by atoms with E-state index in [2.05, 4.69) is 24.5 Å². The molecule has 2 N–H and O–H groups in total. The van der Waals surface area contributed by atoms with Crippen LogP contribution in [-0.4, -0.2) is 30.9 Å². The summed E-state index contributed by atoms with van der Waals surface area (Å²) in [6.45, 7) is 8.80. The van der Waals surface area contributed by atoms with Gasteiger partial charge in [0.25, 0.3) is 0 Å². The molecule has 1 unspecified atom stereocenters. The van der Waals surface area contributed by atoms with E-state index in [9.17, 15) is 0 Å². The topological polar surface area (TPSA) is 33.3 Å². The molecule has 0 aliphatic rings. The van der Waals surface area contributed by atoms with Crippen molar-refractivity contribution in [3.8, 4) is 0 Å². The third kappa shape index (κ3) is 9.94. The van der Waals surface area contributed by atoms with Crippen LogP contribution in [0.4, 0.5) is 0 Å². The standard InChI is InChI=1S/C11H24N2OS/c1-4-7-10(3)13-11(15)12-8-6-9-14-5-2/h10H,4-9H2,1-3H3,(H2,12,13,15). The maximum absolute atomic E-state index is 5.23. The molecule has 0 amide bonds. The van der Waals surface area contributed by atoms with Crippen molar-refractivity contribution in [2.24, 2.45) is 0 Å². The molecule has 0 aromatic rings. The van der Waals surface area contributed by atoms with Gasteiger partial charge in [0.2, 0.25) is 0 Å². The predicted octanol–water partition coefficient (Wildman–Crippen LogP) is 2.07. The molecule has 0 aliphatic heterocycles. The molecule has 0 bridgehead atoms. The minimum Gasteiger partial charge on any atom is -0.382 e. The Labute approximate surface area is 99.0 Å². The number of ether oxygens (including phenoxy) is 1. The molecule has 1 atom stereocenters. The van der Waals surface area contributed by atoms with Crippen molar-refractivity contribution in [2.45, 2.75) is 46.1 Å². The highest BCUT2D eigenvalue weighted by molar-refractivity contribution is 7.80. The van der Waals surface area contributed by atoms with Gasteiger partial charge in [-0.3, -0.25) is 0 Å². The number of nitrogens with one attached hydrogen (secondary N) is 2. The summed E-state index contributed by atoms with van der Waals surface area (Å²) in [6.07, 6.45) is 3.33. The Morgan fingerprint density at radius 2 is 2.13 bits per heavy atom. The van der Waals surface area contributed by atoms with Crippen molar-refractivity contribution in [1.29, 1.82) is 0 Å². The first-order chi connectivity index (χ1) is 7.20. The highest BCUT2D eigenvalue weighted by Crippen LogP contribution is 1.94. The second kappa shape index (κ2) is 10.2. The molecule has 0 heterocycles. The molecule has 0 aromatic carbocycles. The van der Waals surface area contributed by atoms with E-state index < -0.39 is 0 Å². The Balaban J connectivity index is 3.32. The highest BCUT2D eigenvalue weighted by Gasteiger charge is 2.01. The first kappa shape index (κ1) is 14.6. The van der Waals surface area contributed by atoms with Crippen LogP contribution < -0.4 is 10.6 Å². The molecule has 3 nitrogen and oxygen atoms in total. The van der Waals surface area contributed by atoms with Crippen LogP contribution in [0.15, 0.2) is 0 Å². The van der Waals surface area contributed by atoms with Crippen LogP contribution in [0.25, 0.3) is 0 Å². The molecule has 4 heteroatoms. The quantitative estimate of drug-likeness (QED) is 0.496. The second-order valence-electron chi connectivity index (χ2n) is 3.64. The smallest absolute Gasteiger partial charge is 0.166 e. The van der Waals surface area contributed by atoms with Crippen LogP contribution in [0, 0.1) is 0 Å². The van der Waals surface area contributed by atoms with Gasteiger partial charge in [-0.1, -0.05) is 13.3 Å². The minimum absolute atomic E-state index is 0.460. The Kier molecular flexibility index (Phi) is 9.94. The average molecular weight is 232 g/mol. The Hall–Kier alpha value is -0.350. The fourth-order valence-corrected chi connectivity index (χ4v) is 1.60. The summed E-state index contributed by atoms with van der Waals surface area (Å²) < 4.78 is 5.23. The second-order valence-corrected chi connectivity index (χ2v) is 4.05. The molecular weight excluding hydrogens is 208 g/mol. The lowest BCUT2D eigenvalue weighted by atomic mass is 10.2. The van der Waals surface area contributed by atoms with Crippen molar-refractivity contribution >= 4 is 17.3 Å². The van der Waals surface area contributed by atoms with Gasteiger partial charge in [0, 0.05) is 25.8 Å². The van der Waals surface area contributed by atoms with Crippen molar-refractivity contribution in [2.75, 3.05) is 19.8 Å². The predicted molar refractivity (Wildman–Crippen MR) is 69.2 cm³/mol. The maximum Gasteiger partial charge on any atom is 0.166 e. The van der Waals surface area contributed by atoms with Crippen molar-refractivity contribution < 1.29 is 4.74 Å². The average Bonchev–Trinajstić information content (AvgIpc) is 2.17. The molecule has 0 rings (SSSR count). The van der Waals surface area contributed by atoms with Gasteiger partial charge in [-0.15, -0.1) is 0 Å². The summed E-state index contributed by atoms with van der Waals surface area (Å²) in [7, 11) is 0. The van der Waals surface area contributed by atoms with Gasteiger partial charge in [-0.25, -0.2) is 0 Å². The van der Waals surface area contributed by atoms with Gasteiger partial charge in [-0.2, -0.15) is 0 Å². The fourth-order valence-electron chi connectivity index (χ4n) is 1.30. The van der Waals surface area contributed by atoms with Gasteiger partial charge in [-0.05, 0) is 38.9 Å². The Bertz CT molecular complexity index is 165. The maximum atomic E-state index is 5.23. The zero-order valence-electron chi connectivity index (χ0n) is 10.1. The first-order valence-electron chi connectivity index (χ1n) is 5.82. The normalized spacial score (nSPS) is 12.2. The van der Waals surface area contributed by atoms with Crippen molar-refractivity contribution in [3.05, 3.63) is 0 Å². The monoisotopic (exact) mass is 232 g/mol. The summed E-state index contributed by atoms with van der Waals surface area (Å²) in [4.78, 5) is 0. The zero-order chi connectivity index (χ0) is 11.5. The summed E-state index contributed by atoms with van der Waals surface area (Å²) >= 11 is 5.16. The van der Waals surface area contributed by atoms with Crippen LogP contribution in [0.1, 0.15) is 40.0 Å². The Morgan fingerprint density at radius 3 is 2.73 bits per heavy atom. The largest absolute Gasteiger partial charge is 0.382 e. The van der Waals surface area contributed by atoms with E-state index in [1.165, 1.54) is 6.42 Å². The van der Waals surface area contributed by atoms with E-state index >= 15 is 0 Å². The molecule has 0 saturated heterocycles. The zero-order valence-corrected chi connectivity index (χ0v) is 11.0. The molecule has 0 aliphatic carbocycles. The van der Waals surface area contributed by atoms with Gasteiger partial charge >= 0.3 is 0 Å². The van der Waals surface area contributed by atoms with E-state index in [1.807, 2.05) is 6.92 Å². The molecule has 15 heavy (non-hydrogen) atoms. The van der Waals surface area contributed by atoms with Gasteiger partial charge < -0.3 is 15.4 Å². The van der Waals surface area contributed by atoms with E-state index in [0.29, 0.717) is 6.04 Å². The first-order valence-corrected chi connectivity index (χ1v) is 6.23. The summed E-state index contributed by atoms with van der Waals surface area (Å²) in [5.41, 5.74) is 0. The SMILES string of the molecule is CCCC(C)NC(=S)NCCCOCC. The number of hydrogen-bond acceptors (Lipinski definition) is 2. The van der Waals surface area contributed by atoms with Crippen LogP contribution >= 0.6 is 12.2 Å². The molecule has 0 saturated carbocycles. The summed E-state index contributed by atoms with van der Waals surface area (Å²) in [5.74, 6) is 0. The van der Waals surface area contributed by atoms with E-state index in [-0.39, 0.29) is 0 Å². The fraction of sp³-hybridized carbons (Fsp3) is 0.909. The third-order valence-electron chi connectivity index (χ3n) is 2.05. The van der Waals surface area contributed by atoms with Crippen molar-refractivity contribution in [1.82, 2.24) is 10.6 Å². The van der Waals surface area contributed by atoms with Crippen LogP contribution in [0.2, 0.25) is 0 Å². The molecular formula is C11H24N2OS. The van der Waals surface area contributed by atoms with Crippen LogP contribution in [0.5, 0.6) is 0 Å². The van der Waals surface area contributed by atoms with Gasteiger partial charge in [0.05, 0.1) is 0 Å². The van der Waals surface area contributed by atoms with Gasteiger partial charge in [0.1, 0.15) is 0 Å². The van der Waals surface area contributed by atoms with Crippen LogP contribution in [0.3, 0.4) is 0 Å². The summed E-state index contributed by atoms with van der Waals surface area (Å²) in [5, 5.41) is 7.18. The molecule has 0 radical (unpaired) electrons. The lowest BCUT2D eigenvalue weighted by Gasteiger charge is -2.16. The number of hydrogen-bond donors (Lipinski definition) is 2. The van der Waals surface area contributed by atoms with E-state index in [1.54, 1.807) is 0 Å². The molecule has 90 valence electrons. The van der Waals surface area contributed by atoms with Crippen molar-refractivity contribution in [3.63, 3.8) is 0 Å². The lowest BCUT2D eigenvalue weighted by Crippen LogP contribution is -2.41. The van der Waals surface area contributed by atoms with E-state index in [0.717, 1.165) is 37.7 Å².